The molecule has 0 bridgehead atoms. The van der Waals surface area contributed by atoms with Gasteiger partial charge in [0.2, 0.25) is 0 Å². The van der Waals surface area contributed by atoms with E-state index in [2.05, 4.69) is 6.07 Å². The van der Waals surface area contributed by atoms with E-state index in [-0.39, 0.29) is 11.2 Å². The lowest BCUT2D eigenvalue weighted by Gasteiger charge is -2.13. The number of nitriles is 1. The molecule has 96 valence electrons. The van der Waals surface area contributed by atoms with Crippen molar-refractivity contribution < 1.29 is 8.42 Å². The highest BCUT2D eigenvalue weighted by Gasteiger charge is 2.46. The minimum absolute atomic E-state index is 0.109. The summed E-state index contributed by atoms with van der Waals surface area (Å²) in [5.74, 6) is 0.109. The van der Waals surface area contributed by atoms with Gasteiger partial charge in [0.25, 0.3) is 0 Å². The maximum Gasteiger partial charge on any atom is 0.179 e. The smallest absolute Gasteiger partial charge is 0.179 e. The van der Waals surface area contributed by atoms with Gasteiger partial charge in [-0.1, -0.05) is 17.7 Å². The zero-order chi connectivity index (χ0) is 13.4. The molecule has 0 atom stereocenters. The van der Waals surface area contributed by atoms with Crippen LogP contribution in [0.1, 0.15) is 30.4 Å². The molecule has 0 unspecified atom stereocenters. The molecule has 0 radical (unpaired) electrons. The number of hydrogen-bond donors (Lipinski definition) is 0. The van der Waals surface area contributed by atoms with E-state index < -0.39 is 9.84 Å². The number of hydrogen-bond acceptors (Lipinski definition) is 3. The summed E-state index contributed by atoms with van der Waals surface area (Å²) >= 11 is 0. The van der Waals surface area contributed by atoms with Crippen LogP contribution in [-0.4, -0.2) is 14.2 Å². The van der Waals surface area contributed by atoms with Crippen molar-refractivity contribution in [1.29, 1.82) is 5.26 Å². The van der Waals surface area contributed by atoms with Gasteiger partial charge in [-0.2, -0.15) is 5.26 Å². The summed E-state index contributed by atoms with van der Waals surface area (Å²) in [4.78, 5) is 0.414. The number of sulfone groups is 1. The summed E-state index contributed by atoms with van der Waals surface area (Å²) in [7, 11) is -3.28. The van der Waals surface area contributed by atoms with Crippen molar-refractivity contribution in [3.63, 3.8) is 0 Å². The van der Waals surface area contributed by atoms with Gasteiger partial charge in [0.05, 0.1) is 16.7 Å². The Morgan fingerprint density at radius 1 is 1.33 bits per heavy atom. The van der Waals surface area contributed by atoms with Crippen LogP contribution >= 0.6 is 0 Å². The highest BCUT2D eigenvalue weighted by atomic mass is 32.2. The van der Waals surface area contributed by atoms with Crippen LogP contribution < -0.4 is 0 Å². The largest absolute Gasteiger partial charge is 0.224 e. The Labute approximate surface area is 108 Å². The zero-order valence-electron chi connectivity index (χ0n) is 10.7. The fourth-order valence-electron chi connectivity index (χ4n) is 2.35. The molecule has 0 heterocycles. The molecule has 18 heavy (non-hydrogen) atoms. The summed E-state index contributed by atoms with van der Waals surface area (Å²) in [5, 5.41) is 8.76. The molecule has 1 aliphatic carbocycles. The standard InChI is InChI=1S/C14H17NO2S/c1-11-3-4-13(12(2)9-11)18(16,17)10-14(5-6-14)7-8-15/h3-4,9H,5-7,10H2,1-2H3. The van der Waals surface area contributed by atoms with Gasteiger partial charge in [0.15, 0.2) is 9.84 Å². The van der Waals surface area contributed by atoms with Crippen LogP contribution in [-0.2, 0) is 9.84 Å². The quantitative estimate of drug-likeness (QED) is 0.839. The number of nitrogens with zero attached hydrogens (tertiary/aromatic N) is 1. The van der Waals surface area contributed by atoms with E-state index in [1.54, 1.807) is 6.07 Å². The van der Waals surface area contributed by atoms with Gasteiger partial charge >= 0.3 is 0 Å². The van der Waals surface area contributed by atoms with E-state index in [9.17, 15) is 8.42 Å². The van der Waals surface area contributed by atoms with Crippen LogP contribution in [0.15, 0.2) is 23.1 Å². The van der Waals surface area contributed by atoms with Crippen LogP contribution in [0, 0.1) is 30.6 Å². The SMILES string of the molecule is Cc1ccc(S(=O)(=O)CC2(CC#N)CC2)c(C)c1. The molecule has 4 heteroatoms. The molecule has 0 saturated heterocycles. The number of benzene rings is 1. The first-order chi connectivity index (χ1) is 8.38. The van der Waals surface area contributed by atoms with Gasteiger partial charge in [-0.15, -0.1) is 0 Å². The third-order valence-electron chi connectivity index (χ3n) is 3.57. The number of aryl methyl sites for hydroxylation is 2. The Morgan fingerprint density at radius 3 is 2.50 bits per heavy atom. The van der Waals surface area contributed by atoms with Crippen LogP contribution in [0.4, 0.5) is 0 Å². The highest BCUT2D eigenvalue weighted by Crippen LogP contribution is 2.50. The van der Waals surface area contributed by atoms with E-state index in [4.69, 9.17) is 5.26 Å². The lowest BCUT2D eigenvalue weighted by Crippen LogP contribution is -2.18. The minimum atomic E-state index is -3.28. The van der Waals surface area contributed by atoms with Gasteiger partial charge in [-0.05, 0) is 43.7 Å². The zero-order valence-corrected chi connectivity index (χ0v) is 11.5. The van der Waals surface area contributed by atoms with Crippen molar-refractivity contribution >= 4 is 9.84 Å². The fraction of sp³-hybridized carbons (Fsp3) is 0.500. The predicted octanol–water partition coefficient (Wildman–Crippen LogP) is 2.77. The molecule has 2 rings (SSSR count). The van der Waals surface area contributed by atoms with Crippen molar-refractivity contribution in [2.24, 2.45) is 5.41 Å². The summed E-state index contributed by atoms with van der Waals surface area (Å²) in [6.07, 6.45) is 2.05. The van der Waals surface area contributed by atoms with Crippen LogP contribution in [0.3, 0.4) is 0 Å². The Hall–Kier alpha value is -1.34. The first-order valence-electron chi connectivity index (χ1n) is 6.06. The third kappa shape index (κ3) is 2.56. The minimum Gasteiger partial charge on any atom is -0.224 e. The lowest BCUT2D eigenvalue weighted by molar-refractivity contribution is 0.547. The molecule has 0 aliphatic heterocycles. The summed E-state index contributed by atoms with van der Waals surface area (Å²) in [6, 6.07) is 7.50. The summed E-state index contributed by atoms with van der Waals surface area (Å²) in [5.41, 5.74) is 1.58. The molecular formula is C14H17NO2S. The second-order valence-electron chi connectivity index (χ2n) is 5.36. The molecule has 0 aromatic heterocycles. The molecule has 0 amide bonds. The second kappa shape index (κ2) is 4.40. The van der Waals surface area contributed by atoms with E-state index in [1.165, 1.54) is 0 Å². The van der Waals surface area contributed by atoms with E-state index in [1.807, 2.05) is 26.0 Å². The normalized spacial score (nSPS) is 17.2. The molecule has 1 fully saturated rings. The maximum absolute atomic E-state index is 12.4. The van der Waals surface area contributed by atoms with Gasteiger partial charge in [0, 0.05) is 6.42 Å². The van der Waals surface area contributed by atoms with Gasteiger partial charge in [-0.25, -0.2) is 8.42 Å². The summed E-state index contributed by atoms with van der Waals surface area (Å²) in [6.45, 7) is 3.77. The Morgan fingerprint density at radius 2 is 2.00 bits per heavy atom. The molecule has 1 aromatic rings. The van der Waals surface area contributed by atoms with Gasteiger partial charge < -0.3 is 0 Å². The van der Waals surface area contributed by atoms with Gasteiger partial charge in [-0.3, -0.25) is 0 Å². The molecule has 1 saturated carbocycles. The molecule has 0 spiro atoms. The summed E-state index contributed by atoms with van der Waals surface area (Å²) < 4.78 is 24.8. The molecular weight excluding hydrogens is 246 g/mol. The van der Waals surface area contributed by atoms with Gasteiger partial charge in [0.1, 0.15) is 0 Å². The predicted molar refractivity (Wildman–Crippen MR) is 69.9 cm³/mol. The fourth-order valence-corrected chi connectivity index (χ4v) is 4.52. The Bertz CT molecular complexity index is 607. The first-order valence-corrected chi connectivity index (χ1v) is 7.71. The molecule has 1 aromatic carbocycles. The third-order valence-corrected chi connectivity index (χ3v) is 5.69. The number of rotatable bonds is 4. The second-order valence-corrected chi connectivity index (χ2v) is 7.32. The van der Waals surface area contributed by atoms with Crippen molar-refractivity contribution in [1.82, 2.24) is 0 Å². The molecule has 1 aliphatic rings. The van der Waals surface area contributed by atoms with Crippen molar-refractivity contribution in [2.45, 2.75) is 38.0 Å². The molecule has 3 nitrogen and oxygen atoms in total. The maximum atomic E-state index is 12.4. The van der Waals surface area contributed by atoms with Crippen molar-refractivity contribution in [3.8, 4) is 6.07 Å². The average Bonchev–Trinajstić information content (AvgIpc) is 2.96. The molecule has 0 N–H and O–H groups in total. The topological polar surface area (TPSA) is 57.9 Å². The van der Waals surface area contributed by atoms with E-state index >= 15 is 0 Å². The van der Waals surface area contributed by atoms with Crippen molar-refractivity contribution in [2.75, 3.05) is 5.75 Å². The average molecular weight is 263 g/mol. The Kier molecular flexibility index (Phi) is 3.20. The first kappa shape index (κ1) is 13.1. The lowest BCUT2D eigenvalue weighted by atomic mass is 10.1. The van der Waals surface area contributed by atoms with Crippen LogP contribution in [0.25, 0.3) is 0 Å². The van der Waals surface area contributed by atoms with Crippen LogP contribution in [0.2, 0.25) is 0 Å². The monoisotopic (exact) mass is 263 g/mol. The Balaban J connectivity index is 2.29. The van der Waals surface area contributed by atoms with E-state index in [0.29, 0.717) is 11.3 Å². The van der Waals surface area contributed by atoms with Crippen LogP contribution in [0.5, 0.6) is 0 Å². The van der Waals surface area contributed by atoms with Crippen molar-refractivity contribution in [3.05, 3.63) is 29.3 Å². The van der Waals surface area contributed by atoms with E-state index in [0.717, 1.165) is 24.0 Å². The highest BCUT2D eigenvalue weighted by molar-refractivity contribution is 7.91.